The number of amides is 1. The SMILES string of the molecule is CNCC1CCN(C(=O)C2CCC3CCCCC3C2)C1.Cl. The number of fused-ring (bicyclic) bond motifs is 1. The van der Waals surface area contributed by atoms with Gasteiger partial charge in [0.1, 0.15) is 0 Å². The molecule has 122 valence electrons. The van der Waals surface area contributed by atoms with Crippen LogP contribution < -0.4 is 5.32 Å². The van der Waals surface area contributed by atoms with Crippen LogP contribution in [-0.4, -0.2) is 37.5 Å². The van der Waals surface area contributed by atoms with Gasteiger partial charge in [0, 0.05) is 19.0 Å². The number of halogens is 1. The molecule has 4 heteroatoms. The van der Waals surface area contributed by atoms with E-state index in [-0.39, 0.29) is 12.4 Å². The molecule has 0 aromatic carbocycles. The van der Waals surface area contributed by atoms with Crippen molar-refractivity contribution in [3.8, 4) is 0 Å². The maximum absolute atomic E-state index is 12.7. The molecule has 0 spiro atoms. The Kier molecular flexibility index (Phi) is 6.36. The number of carbonyl (C=O) groups is 1. The molecule has 0 aromatic heterocycles. The van der Waals surface area contributed by atoms with Gasteiger partial charge in [0.25, 0.3) is 0 Å². The molecule has 1 aliphatic heterocycles. The number of nitrogens with zero attached hydrogens (tertiary/aromatic N) is 1. The predicted molar refractivity (Wildman–Crippen MR) is 88.7 cm³/mol. The summed E-state index contributed by atoms with van der Waals surface area (Å²) in [5.74, 6) is 3.32. The molecule has 1 N–H and O–H groups in total. The van der Waals surface area contributed by atoms with Crippen LogP contribution in [-0.2, 0) is 4.79 Å². The Balaban J connectivity index is 0.00000161. The monoisotopic (exact) mass is 314 g/mol. The molecule has 2 aliphatic carbocycles. The molecule has 1 heterocycles. The van der Waals surface area contributed by atoms with Crippen LogP contribution in [0.2, 0.25) is 0 Å². The van der Waals surface area contributed by atoms with Gasteiger partial charge in [-0.05, 0) is 57.0 Å². The van der Waals surface area contributed by atoms with Gasteiger partial charge in [-0.15, -0.1) is 12.4 Å². The Morgan fingerprint density at radius 1 is 1.10 bits per heavy atom. The van der Waals surface area contributed by atoms with Crippen LogP contribution >= 0.6 is 12.4 Å². The van der Waals surface area contributed by atoms with Crippen molar-refractivity contribution in [2.75, 3.05) is 26.7 Å². The van der Waals surface area contributed by atoms with Crippen molar-refractivity contribution in [3.63, 3.8) is 0 Å². The molecule has 4 unspecified atom stereocenters. The highest BCUT2D eigenvalue weighted by atomic mass is 35.5. The average Bonchev–Trinajstić information content (AvgIpc) is 2.95. The molecule has 0 aromatic rings. The zero-order valence-corrected chi connectivity index (χ0v) is 14.2. The Labute approximate surface area is 135 Å². The van der Waals surface area contributed by atoms with Gasteiger partial charge in [-0.2, -0.15) is 0 Å². The minimum atomic E-state index is 0. The van der Waals surface area contributed by atoms with E-state index in [1.165, 1.54) is 44.9 Å². The van der Waals surface area contributed by atoms with Gasteiger partial charge >= 0.3 is 0 Å². The number of hydrogen-bond donors (Lipinski definition) is 1. The van der Waals surface area contributed by atoms with E-state index in [4.69, 9.17) is 0 Å². The largest absolute Gasteiger partial charge is 0.342 e. The van der Waals surface area contributed by atoms with Crippen molar-refractivity contribution in [2.24, 2.45) is 23.7 Å². The summed E-state index contributed by atoms with van der Waals surface area (Å²) in [4.78, 5) is 14.9. The summed E-state index contributed by atoms with van der Waals surface area (Å²) in [5.41, 5.74) is 0. The van der Waals surface area contributed by atoms with Gasteiger partial charge in [0.05, 0.1) is 0 Å². The Morgan fingerprint density at radius 3 is 2.62 bits per heavy atom. The van der Waals surface area contributed by atoms with Crippen molar-refractivity contribution in [1.82, 2.24) is 10.2 Å². The van der Waals surface area contributed by atoms with Gasteiger partial charge in [0.2, 0.25) is 5.91 Å². The fourth-order valence-corrected chi connectivity index (χ4v) is 4.84. The maximum atomic E-state index is 12.7. The van der Waals surface area contributed by atoms with Gasteiger partial charge < -0.3 is 10.2 Å². The molecule has 3 aliphatic rings. The lowest BCUT2D eigenvalue weighted by Crippen LogP contribution is -2.39. The number of likely N-dealkylation sites (tertiary alicyclic amines) is 1. The first-order valence-electron chi connectivity index (χ1n) is 8.71. The van der Waals surface area contributed by atoms with Gasteiger partial charge in [-0.25, -0.2) is 0 Å². The normalized spacial score (nSPS) is 36.0. The molecule has 3 fully saturated rings. The summed E-state index contributed by atoms with van der Waals surface area (Å²) in [6.07, 6.45) is 10.5. The van der Waals surface area contributed by atoms with E-state index in [9.17, 15) is 4.79 Å². The quantitative estimate of drug-likeness (QED) is 0.868. The highest BCUT2D eigenvalue weighted by Gasteiger charge is 2.37. The number of rotatable bonds is 3. The van der Waals surface area contributed by atoms with E-state index in [1.54, 1.807) is 0 Å². The lowest BCUT2D eigenvalue weighted by atomic mass is 9.67. The average molecular weight is 315 g/mol. The summed E-state index contributed by atoms with van der Waals surface area (Å²) in [5, 5.41) is 3.25. The fraction of sp³-hybridized carbons (Fsp3) is 0.941. The minimum Gasteiger partial charge on any atom is -0.342 e. The fourth-order valence-electron chi connectivity index (χ4n) is 4.84. The Morgan fingerprint density at radius 2 is 1.86 bits per heavy atom. The second-order valence-electron chi connectivity index (χ2n) is 7.31. The zero-order valence-electron chi connectivity index (χ0n) is 13.4. The first kappa shape index (κ1) is 17.1. The topological polar surface area (TPSA) is 32.3 Å². The van der Waals surface area contributed by atoms with Crippen molar-refractivity contribution in [2.45, 2.75) is 51.4 Å². The van der Waals surface area contributed by atoms with Crippen LogP contribution in [0.3, 0.4) is 0 Å². The van der Waals surface area contributed by atoms with Gasteiger partial charge in [0.15, 0.2) is 0 Å². The molecular weight excluding hydrogens is 284 g/mol. The third kappa shape index (κ3) is 3.92. The van der Waals surface area contributed by atoms with Crippen LogP contribution in [0.25, 0.3) is 0 Å². The number of carbonyl (C=O) groups excluding carboxylic acids is 1. The number of hydrogen-bond acceptors (Lipinski definition) is 2. The molecule has 21 heavy (non-hydrogen) atoms. The summed E-state index contributed by atoms with van der Waals surface area (Å²) < 4.78 is 0. The lowest BCUT2D eigenvalue weighted by Gasteiger charge is -2.39. The molecule has 3 rings (SSSR count). The summed E-state index contributed by atoms with van der Waals surface area (Å²) in [7, 11) is 2.01. The molecule has 3 nitrogen and oxygen atoms in total. The van der Waals surface area contributed by atoms with Crippen molar-refractivity contribution in [3.05, 3.63) is 0 Å². The van der Waals surface area contributed by atoms with E-state index < -0.39 is 0 Å². The Bertz CT molecular complexity index is 350. The molecular formula is C17H31ClN2O. The molecule has 4 atom stereocenters. The van der Waals surface area contributed by atoms with Crippen molar-refractivity contribution < 1.29 is 4.79 Å². The van der Waals surface area contributed by atoms with Crippen LogP contribution in [0.1, 0.15) is 51.4 Å². The zero-order chi connectivity index (χ0) is 13.9. The van der Waals surface area contributed by atoms with Crippen LogP contribution in [0.5, 0.6) is 0 Å². The van der Waals surface area contributed by atoms with Crippen LogP contribution in [0, 0.1) is 23.7 Å². The summed E-state index contributed by atoms with van der Waals surface area (Å²) >= 11 is 0. The first-order valence-corrected chi connectivity index (χ1v) is 8.71. The second kappa shape index (κ2) is 7.82. The number of nitrogens with one attached hydrogen (secondary N) is 1. The van der Waals surface area contributed by atoms with E-state index in [0.29, 0.717) is 17.7 Å². The van der Waals surface area contributed by atoms with Crippen molar-refractivity contribution in [1.29, 1.82) is 0 Å². The molecule has 1 saturated heterocycles. The standard InChI is InChI=1S/C17H30N2O.ClH/c1-18-11-13-8-9-19(12-13)17(20)16-7-6-14-4-2-3-5-15(14)10-16;/h13-16,18H,2-12H2,1H3;1H. The predicted octanol–water partition coefficient (Wildman–Crippen LogP) is 3.08. The third-order valence-corrected chi connectivity index (χ3v) is 5.98. The van der Waals surface area contributed by atoms with Crippen LogP contribution in [0.4, 0.5) is 0 Å². The smallest absolute Gasteiger partial charge is 0.225 e. The maximum Gasteiger partial charge on any atom is 0.225 e. The van der Waals surface area contributed by atoms with E-state index in [2.05, 4.69) is 10.2 Å². The molecule has 0 bridgehead atoms. The molecule has 1 amide bonds. The van der Waals surface area contributed by atoms with Gasteiger partial charge in [-0.1, -0.05) is 25.7 Å². The van der Waals surface area contributed by atoms with Crippen molar-refractivity contribution >= 4 is 18.3 Å². The van der Waals surface area contributed by atoms with E-state index in [0.717, 1.165) is 37.9 Å². The van der Waals surface area contributed by atoms with Crippen LogP contribution in [0.15, 0.2) is 0 Å². The lowest BCUT2D eigenvalue weighted by molar-refractivity contribution is -0.137. The molecule has 0 radical (unpaired) electrons. The van der Waals surface area contributed by atoms with E-state index >= 15 is 0 Å². The highest BCUT2D eigenvalue weighted by molar-refractivity contribution is 5.85. The second-order valence-corrected chi connectivity index (χ2v) is 7.31. The summed E-state index contributed by atoms with van der Waals surface area (Å²) in [6.45, 7) is 3.04. The Hall–Kier alpha value is -0.280. The van der Waals surface area contributed by atoms with E-state index in [1.807, 2.05) is 7.05 Å². The summed E-state index contributed by atoms with van der Waals surface area (Å²) in [6, 6.07) is 0. The third-order valence-electron chi connectivity index (χ3n) is 5.98. The van der Waals surface area contributed by atoms with Gasteiger partial charge in [-0.3, -0.25) is 4.79 Å². The first-order chi connectivity index (χ1) is 9.78. The molecule has 2 saturated carbocycles. The minimum absolute atomic E-state index is 0. The highest BCUT2D eigenvalue weighted by Crippen LogP contribution is 2.43.